The predicted octanol–water partition coefficient (Wildman–Crippen LogP) is 6.60. The number of thiophene rings is 1. The van der Waals surface area contributed by atoms with Crippen molar-refractivity contribution < 1.29 is 27.4 Å². The second kappa shape index (κ2) is 9.15. The van der Waals surface area contributed by atoms with Gasteiger partial charge in [0.1, 0.15) is 9.71 Å². The monoisotopic (exact) mass is 551 g/mol. The Bertz CT molecular complexity index is 1410. The Kier molecular flexibility index (Phi) is 6.41. The highest BCUT2D eigenvalue weighted by molar-refractivity contribution is 9.10. The van der Waals surface area contributed by atoms with Gasteiger partial charge >= 0.3 is 6.18 Å². The van der Waals surface area contributed by atoms with Crippen molar-refractivity contribution in [2.24, 2.45) is 0 Å². The smallest absolute Gasteiger partial charge is 0.417 e. The summed E-state index contributed by atoms with van der Waals surface area (Å²) in [5, 5.41) is 3.06. The van der Waals surface area contributed by atoms with E-state index in [1.165, 1.54) is 19.2 Å². The van der Waals surface area contributed by atoms with Crippen molar-refractivity contribution in [1.29, 1.82) is 0 Å². The third-order valence-electron chi connectivity index (χ3n) is 5.01. The standard InChI is InChI=1S/C23H17BrF3N3O3S/c1-32-17-8-3-11(9-18(17)33-2)16-7-5-13-19(28)20(34-22(13)30-16)21(31)29-12-4-6-15(24)14(10-12)23(25,26)27/h3-10H,28H2,1-2H3,(H,29,31). The number of carbonyl (C=O) groups excluding carboxylic acids is 1. The molecule has 3 N–H and O–H groups in total. The fourth-order valence-corrected chi connectivity index (χ4v) is 4.79. The largest absolute Gasteiger partial charge is 0.493 e. The Balaban J connectivity index is 1.66. The molecule has 2 aromatic heterocycles. The van der Waals surface area contributed by atoms with Gasteiger partial charge in [-0.1, -0.05) is 15.9 Å². The SMILES string of the molecule is COc1ccc(-c2ccc3c(N)c(C(=O)Nc4ccc(Br)c(C(F)(F)F)c4)sc3n2)cc1OC. The maximum absolute atomic E-state index is 13.2. The van der Waals surface area contributed by atoms with E-state index in [1.54, 1.807) is 31.4 Å². The van der Waals surface area contributed by atoms with Crippen molar-refractivity contribution in [3.63, 3.8) is 0 Å². The van der Waals surface area contributed by atoms with Crippen LogP contribution in [0.4, 0.5) is 24.5 Å². The number of nitrogen functional groups attached to an aromatic ring is 1. The number of carbonyl (C=O) groups is 1. The van der Waals surface area contributed by atoms with Gasteiger partial charge in [0, 0.05) is 21.1 Å². The summed E-state index contributed by atoms with van der Waals surface area (Å²) in [4.78, 5) is 18.1. The molecule has 0 atom stereocenters. The van der Waals surface area contributed by atoms with Crippen molar-refractivity contribution in [1.82, 2.24) is 4.98 Å². The lowest BCUT2D eigenvalue weighted by molar-refractivity contribution is -0.138. The number of anilines is 2. The van der Waals surface area contributed by atoms with E-state index in [-0.39, 0.29) is 20.7 Å². The van der Waals surface area contributed by atoms with Gasteiger partial charge in [0.05, 0.1) is 31.2 Å². The molecule has 4 rings (SSSR count). The number of alkyl halides is 3. The molecule has 6 nitrogen and oxygen atoms in total. The maximum atomic E-state index is 13.2. The number of nitrogens with two attached hydrogens (primary N) is 1. The number of rotatable bonds is 5. The second-order valence-electron chi connectivity index (χ2n) is 7.11. The zero-order valence-electron chi connectivity index (χ0n) is 17.8. The van der Waals surface area contributed by atoms with Crippen molar-refractivity contribution in [2.75, 3.05) is 25.3 Å². The molecule has 0 aliphatic rings. The molecule has 2 heterocycles. The molecule has 0 radical (unpaired) electrons. The van der Waals surface area contributed by atoms with Crippen LogP contribution in [-0.4, -0.2) is 25.1 Å². The third kappa shape index (κ3) is 4.53. The summed E-state index contributed by atoms with van der Waals surface area (Å²) in [6.07, 6.45) is -4.57. The predicted molar refractivity (Wildman–Crippen MR) is 130 cm³/mol. The summed E-state index contributed by atoms with van der Waals surface area (Å²) in [6, 6.07) is 12.3. The second-order valence-corrected chi connectivity index (χ2v) is 8.96. The van der Waals surface area contributed by atoms with Gasteiger partial charge in [-0.25, -0.2) is 4.98 Å². The van der Waals surface area contributed by atoms with Crippen LogP contribution in [-0.2, 0) is 6.18 Å². The minimum Gasteiger partial charge on any atom is -0.493 e. The highest BCUT2D eigenvalue weighted by Gasteiger charge is 2.33. The number of methoxy groups -OCH3 is 2. The van der Waals surface area contributed by atoms with Crippen LogP contribution in [0.2, 0.25) is 0 Å². The van der Waals surface area contributed by atoms with Crippen LogP contribution in [0.15, 0.2) is 53.0 Å². The Morgan fingerprint density at radius 2 is 1.79 bits per heavy atom. The number of pyridine rings is 1. The molecular weight excluding hydrogens is 535 g/mol. The number of hydrogen-bond donors (Lipinski definition) is 2. The molecule has 4 aromatic rings. The van der Waals surface area contributed by atoms with E-state index in [2.05, 4.69) is 26.2 Å². The van der Waals surface area contributed by atoms with Crippen LogP contribution in [0.25, 0.3) is 21.5 Å². The van der Waals surface area contributed by atoms with Crippen molar-refractivity contribution >= 4 is 54.8 Å². The highest BCUT2D eigenvalue weighted by Crippen LogP contribution is 2.38. The minimum atomic E-state index is -4.57. The van der Waals surface area contributed by atoms with Crippen molar-refractivity contribution in [2.45, 2.75) is 6.18 Å². The molecule has 0 spiro atoms. The fourth-order valence-electron chi connectivity index (χ4n) is 3.33. The lowest BCUT2D eigenvalue weighted by atomic mass is 10.1. The molecule has 0 saturated heterocycles. The molecule has 2 aromatic carbocycles. The maximum Gasteiger partial charge on any atom is 0.417 e. The van der Waals surface area contributed by atoms with E-state index in [0.717, 1.165) is 23.0 Å². The van der Waals surface area contributed by atoms with E-state index >= 15 is 0 Å². The number of nitrogens with zero attached hydrogens (tertiary/aromatic N) is 1. The van der Waals surface area contributed by atoms with Crippen LogP contribution >= 0.6 is 27.3 Å². The number of nitrogens with one attached hydrogen (secondary N) is 1. The first-order valence-electron chi connectivity index (χ1n) is 9.72. The number of aromatic nitrogens is 1. The van der Waals surface area contributed by atoms with Crippen LogP contribution in [0.1, 0.15) is 15.2 Å². The average molecular weight is 552 g/mol. The molecule has 0 unspecified atom stereocenters. The van der Waals surface area contributed by atoms with Crippen LogP contribution in [0.5, 0.6) is 11.5 Å². The van der Waals surface area contributed by atoms with Gasteiger partial charge in [-0.2, -0.15) is 13.2 Å². The van der Waals surface area contributed by atoms with Gasteiger partial charge < -0.3 is 20.5 Å². The van der Waals surface area contributed by atoms with Gasteiger partial charge in [0.2, 0.25) is 0 Å². The number of benzene rings is 2. The van der Waals surface area contributed by atoms with Gasteiger partial charge in [-0.3, -0.25) is 4.79 Å². The van der Waals surface area contributed by atoms with Crippen LogP contribution in [0.3, 0.4) is 0 Å². The summed E-state index contributed by atoms with van der Waals surface area (Å²) >= 11 is 3.94. The molecule has 11 heteroatoms. The highest BCUT2D eigenvalue weighted by atomic mass is 79.9. The molecule has 0 aliphatic heterocycles. The van der Waals surface area contributed by atoms with E-state index in [0.29, 0.717) is 27.4 Å². The number of halogens is 4. The summed E-state index contributed by atoms with van der Waals surface area (Å²) in [5.74, 6) is 0.497. The zero-order chi connectivity index (χ0) is 24.6. The van der Waals surface area contributed by atoms with E-state index in [4.69, 9.17) is 15.2 Å². The van der Waals surface area contributed by atoms with Crippen LogP contribution in [0, 0.1) is 0 Å². The fraction of sp³-hybridized carbons (Fsp3) is 0.130. The summed E-state index contributed by atoms with van der Waals surface area (Å²) in [7, 11) is 3.08. The van der Waals surface area contributed by atoms with Crippen LogP contribution < -0.4 is 20.5 Å². The number of hydrogen-bond acceptors (Lipinski definition) is 6. The van der Waals surface area contributed by atoms with Gasteiger partial charge in [0.25, 0.3) is 5.91 Å². The van der Waals surface area contributed by atoms with Crippen molar-refractivity contribution in [3.05, 3.63) is 63.4 Å². The lowest BCUT2D eigenvalue weighted by Gasteiger charge is -2.11. The Morgan fingerprint density at radius 1 is 1.06 bits per heavy atom. The van der Waals surface area contributed by atoms with E-state index < -0.39 is 17.6 Å². The van der Waals surface area contributed by atoms with Gasteiger partial charge in [-0.15, -0.1) is 11.3 Å². The summed E-state index contributed by atoms with van der Waals surface area (Å²) in [6.45, 7) is 0. The molecule has 34 heavy (non-hydrogen) atoms. The van der Waals surface area contributed by atoms with E-state index in [9.17, 15) is 18.0 Å². The molecule has 176 valence electrons. The first-order chi connectivity index (χ1) is 16.1. The number of amides is 1. The molecule has 0 aliphatic carbocycles. The van der Waals surface area contributed by atoms with Gasteiger partial charge in [-0.05, 0) is 48.5 Å². The Labute approximate surface area is 204 Å². The first kappa shape index (κ1) is 23.8. The molecule has 0 saturated carbocycles. The van der Waals surface area contributed by atoms with Gasteiger partial charge in [0.15, 0.2) is 11.5 Å². The average Bonchev–Trinajstić information content (AvgIpc) is 3.15. The number of fused-ring (bicyclic) bond motifs is 1. The molecular formula is C23H17BrF3N3O3S. The summed E-state index contributed by atoms with van der Waals surface area (Å²) in [5.41, 5.74) is 6.88. The Morgan fingerprint density at radius 3 is 2.47 bits per heavy atom. The Hall–Kier alpha value is -3.31. The lowest BCUT2D eigenvalue weighted by Crippen LogP contribution is -2.13. The van der Waals surface area contributed by atoms with E-state index in [1.807, 2.05) is 6.07 Å². The topological polar surface area (TPSA) is 86.5 Å². The minimum absolute atomic E-state index is 0.00337. The third-order valence-corrected chi connectivity index (χ3v) is 6.81. The quantitative estimate of drug-likeness (QED) is 0.292. The zero-order valence-corrected chi connectivity index (χ0v) is 20.2. The molecule has 0 fully saturated rings. The van der Waals surface area contributed by atoms with Crippen molar-refractivity contribution in [3.8, 4) is 22.8 Å². The summed E-state index contributed by atoms with van der Waals surface area (Å²) < 4.78 is 50.0. The number of ether oxygens (including phenoxy) is 2. The molecule has 0 bridgehead atoms. The molecule has 1 amide bonds. The first-order valence-corrected chi connectivity index (χ1v) is 11.3. The normalized spacial score (nSPS) is 11.5.